The lowest BCUT2D eigenvalue weighted by molar-refractivity contribution is 0.00999. The number of fused-ring (bicyclic) bond motifs is 1. The van der Waals surface area contributed by atoms with Crippen LogP contribution in [0.3, 0.4) is 0 Å². The van der Waals surface area contributed by atoms with Gasteiger partial charge in [0.1, 0.15) is 0 Å². The maximum absolute atomic E-state index is 5.77. The lowest BCUT2D eigenvalue weighted by atomic mass is 9.82. The Labute approximate surface area is 128 Å². The van der Waals surface area contributed by atoms with Crippen LogP contribution in [0, 0.1) is 0 Å². The standard InChI is InChI=1S/C18H28N2O/c19-10-13-21-17-8-11-20(12-9-17)14-16-6-3-5-15-4-1-2-7-18(15)16/h1-2,4,7,16-17H,3,5-6,8-14,19H2. The predicted octanol–water partition coefficient (Wildman–Crippen LogP) is 2.55. The monoisotopic (exact) mass is 288 g/mol. The molecule has 1 aromatic carbocycles. The quantitative estimate of drug-likeness (QED) is 0.905. The van der Waals surface area contributed by atoms with Gasteiger partial charge in [0, 0.05) is 26.2 Å². The Morgan fingerprint density at radius 3 is 2.76 bits per heavy atom. The van der Waals surface area contributed by atoms with Crippen molar-refractivity contribution in [3.63, 3.8) is 0 Å². The number of benzene rings is 1. The SMILES string of the molecule is NCCOC1CCN(CC2CCCc3ccccc32)CC1. The minimum absolute atomic E-state index is 0.434. The van der Waals surface area contributed by atoms with E-state index >= 15 is 0 Å². The average Bonchev–Trinajstić information content (AvgIpc) is 2.55. The number of rotatable bonds is 5. The Morgan fingerprint density at radius 1 is 1.14 bits per heavy atom. The molecule has 3 rings (SSSR count). The molecule has 1 aliphatic heterocycles. The summed E-state index contributed by atoms with van der Waals surface area (Å²) in [5.74, 6) is 0.733. The molecule has 0 radical (unpaired) electrons. The van der Waals surface area contributed by atoms with Crippen LogP contribution in [0.25, 0.3) is 0 Å². The summed E-state index contributed by atoms with van der Waals surface area (Å²) in [7, 11) is 0. The summed E-state index contributed by atoms with van der Waals surface area (Å²) >= 11 is 0. The summed E-state index contributed by atoms with van der Waals surface area (Å²) in [5, 5.41) is 0. The van der Waals surface area contributed by atoms with E-state index in [9.17, 15) is 0 Å². The smallest absolute Gasteiger partial charge is 0.0600 e. The molecule has 1 unspecified atom stereocenters. The van der Waals surface area contributed by atoms with Crippen molar-refractivity contribution in [3.8, 4) is 0 Å². The van der Waals surface area contributed by atoms with Crippen molar-refractivity contribution in [1.82, 2.24) is 4.90 Å². The lowest BCUT2D eigenvalue weighted by Crippen LogP contribution is -2.40. The van der Waals surface area contributed by atoms with Crippen molar-refractivity contribution in [1.29, 1.82) is 0 Å². The van der Waals surface area contributed by atoms with Gasteiger partial charge in [0.2, 0.25) is 0 Å². The van der Waals surface area contributed by atoms with Crippen molar-refractivity contribution < 1.29 is 4.74 Å². The maximum Gasteiger partial charge on any atom is 0.0600 e. The third-order valence-electron chi connectivity index (χ3n) is 4.98. The maximum atomic E-state index is 5.77. The molecule has 1 fully saturated rings. The molecule has 2 N–H and O–H groups in total. The van der Waals surface area contributed by atoms with Crippen LogP contribution < -0.4 is 5.73 Å². The van der Waals surface area contributed by atoms with Gasteiger partial charge >= 0.3 is 0 Å². The van der Waals surface area contributed by atoms with E-state index in [4.69, 9.17) is 10.5 Å². The highest BCUT2D eigenvalue weighted by Gasteiger charge is 2.25. The van der Waals surface area contributed by atoms with Gasteiger partial charge in [-0.1, -0.05) is 24.3 Å². The number of nitrogens with two attached hydrogens (primary N) is 1. The molecule has 0 bridgehead atoms. The third-order valence-corrected chi connectivity index (χ3v) is 4.98. The summed E-state index contributed by atoms with van der Waals surface area (Å²) in [5.41, 5.74) is 8.69. The van der Waals surface area contributed by atoms with Crippen molar-refractivity contribution in [2.24, 2.45) is 5.73 Å². The molecule has 1 heterocycles. The van der Waals surface area contributed by atoms with Gasteiger partial charge < -0.3 is 15.4 Å². The molecule has 0 spiro atoms. The minimum Gasteiger partial charge on any atom is -0.377 e. The van der Waals surface area contributed by atoms with E-state index in [0.29, 0.717) is 19.3 Å². The fourth-order valence-corrected chi connectivity index (χ4v) is 3.85. The first-order valence-electron chi connectivity index (χ1n) is 8.48. The van der Waals surface area contributed by atoms with Crippen LogP contribution in [-0.2, 0) is 11.2 Å². The molecule has 1 atom stereocenters. The number of piperidine rings is 1. The predicted molar refractivity (Wildman–Crippen MR) is 86.6 cm³/mol. The second kappa shape index (κ2) is 7.39. The number of ether oxygens (including phenoxy) is 1. The first-order valence-corrected chi connectivity index (χ1v) is 8.48. The van der Waals surface area contributed by atoms with E-state index in [1.54, 1.807) is 11.1 Å². The second-order valence-corrected chi connectivity index (χ2v) is 6.45. The van der Waals surface area contributed by atoms with Crippen molar-refractivity contribution in [2.45, 2.75) is 44.1 Å². The number of nitrogens with zero attached hydrogens (tertiary/aromatic N) is 1. The Bertz CT molecular complexity index is 441. The Balaban J connectivity index is 1.52. The Kier molecular flexibility index (Phi) is 5.28. The van der Waals surface area contributed by atoms with Crippen LogP contribution in [0.2, 0.25) is 0 Å². The van der Waals surface area contributed by atoms with Crippen LogP contribution in [-0.4, -0.2) is 43.8 Å². The van der Waals surface area contributed by atoms with Crippen LogP contribution in [0.15, 0.2) is 24.3 Å². The highest BCUT2D eigenvalue weighted by atomic mass is 16.5. The van der Waals surface area contributed by atoms with Gasteiger partial charge in [-0.2, -0.15) is 0 Å². The molecule has 1 saturated heterocycles. The fourth-order valence-electron chi connectivity index (χ4n) is 3.85. The summed E-state index contributed by atoms with van der Waals surface area (Å²) in [4.78, 5) is 2.63. The molecule has 1 aromatic rings. The zero-order valence-electron chi connectivity index (χ0n) is 13.0. The van der Waals surface area contributed by atoms with Crippen molar-refractivity contribution in [2.75, 3.05) is 32.8 Å². The molecule has 3 heteroatoms. The zero-order valence-corrected chi connectivity index (χ0v) is 13.0. The van der Waals surface area contributed by atoms with E-state index in [-0.39, 0.29) is 0 Å². The fraction of sp³-hybridized carbons (Fsp3) is 0.667. The van der Waals surface area contributed by atoms with Gasteiger partial charge in [-0.3, -0.25) is 0 Å². The summed E-state index contributed by atoms with van der Waals surface area (Å²) in [6.07, 6.45) is 6.71. The first-order chi connectivity index (χ1) is 10.4. The molecular weight excluding hydrogens is 260 g/mol. The molecule has 21 heavy (non-hydrogen) atoms. The van der Waals surface area contributed by atoms with Crippen LogP contribution in [0.4, 0.5) is 0 Å². The number of aryl methyl sites for hydroxylation is 1. The van der Waals surface area contributed by atoms with Crippen LogP contribution in [0.5, 0.6) is 0 Å². The average molecular weight is 288 g/mol. The van der Waals surface area contributed by atoms with Gasteiger partial charge in [0.05, 0.1) is 12.7 Å². The molecule has 2 aliphatic rings. The van der Waals surface area contributed by atoms with E-state index in [1.807, 2.05) is 0 Å². The minimum atomic E-state index is 0.434. The molecular formula is C18H28N2O. The summed E-state index contributed by atoms with van der Waals surface area (Å²) in [6.45, 7) is 4.92. The molecule has 116 valence electrons. The largest absolute Gasteiger partial charge is 0.377 e. The highest BCUT2D eigenvalue weighted by molar-refractivity contribution is 5.32. The molecule has 0 saturated carbocycles. The van der Waals surface area contributed by atoms with E-state index in [1.165, 1.54) is 38.9 Å². The van der Waals surface area contributed by atoms with Gasteiger partial charge in [0.15, 0.2) is 0 Å². The van der Waals surface area contributed by atoms with Crippen LogP contribution >= 0.6 is 0 Å². The zero-order chi connectivity index (χ0) is 14.5. The normalized spacial score (nSPS) is 24.0. The van der Waals surface area contributed by atoms with Crippen molar-refractivity contribution in [3.05, 3.63) is 35.4 Å². The van der Waals surface area contributed by atoms with E-state index in [2.05, 4.69) is 29.2 Å². The third kappa shape index (κ3) is 3.85. The number of hydrogen-bond acceptors (Lipinski definition) is 3. The lowest BCUT2D eigenvalue weighted by Gasteiger charge is -2.36. The second-order valence-electron chi connectivity index (χ2n) is 6.45. The van der Waals surface area contributed by atoms with Crippen LogP contribution in [0.1, 0.15) is 42.7 Å². The number of hydrogen-bond donors (Lipinski definition) is 1. The molecule has 1 aliphatic carbocycles. The van der Waals surface area contributed by atoms with Gasteiger partial charge in [0.25, 0.3) is 0 Å². The first kappa shape index (κ1) is 15.0. The summed E-state index contributed by atoms with van der Waals surface area (Å²) in [6, 6.07) is 9.04. The number of likely N-dealkylation sites (tertiary alicyclic amines) is 1. The molecule has 0 aromatic heterocycles. The van der Waals surface area contributed by atoms with Gasteiger partial charge in [-0.15, -0.1) is 0 Å². The topological polar surface area (TPSA) is 38.5 Å². The Morgan fingerprint density at radius 2 is 1.95 bits per heavy atom. The molecule has 3 nitrogen and oxygen atoms in total. The highest BCUT2D eigenvalue weighted by Crippen LogP contribution is 2.32. The van der Waals surface area contributed by atoms with Gasteiger partial charge in [-0.25, -0.2) is 0 Å². The molecule has 0 amide bonds. The van der Waals surface area contributed by atoms with Gasteiger partial charge in [-0.05, 0) is 49.1 Å². The van der Waals surface area contributed by atoms with E-state index < -0.39 is 0 Å². The van der Waals surface area contributed by atoms with E-state index in [0.717, 1.165) is 18.8 Å². The van der Waals surface area contributed by atoms with Crippen molar-refractivity contribution >= 4 is 0 Å². The summed E-state index contributed by atoms with van der Waals surface area (Å²) < 4.78 is 5.77. The Hall–Kier alpha value is -0.900.